The van der Waals surface area contributed by atoms with E-state index in [0.717, 1.165) is 18.6 Å². The zero-order valence-corrected chi connectivity index (χ0v) is 9.61. The molecule has 0 saturated heterocycles. The number of nitrogens with zero attached hydrogens (tertiary/aromatic N) is 2. The van der Waals surface area contributed by atoms with E-state index in [9.17, 15) is 4.79 Å². The Balaban J connectivity index is 1.89. The maximum Gasteiger partial charge on any atom is 0.248 e. The number of carbonyl (C=O) groups excluding carboxylic acids is 1. The maximum atomic E-state index is 11.7. The third-order valence-electron chi connectivity index (χ3n) is 3.39. The first-order valence-corrected chi connectivity index (χ1v) is 6.12. The molecule has 0 aromatic rings. The zero-order valence-electron chi connectivity index (χ0n) is 9.61. The Bertz CT molecular complexity index is 334. The minimum Gasteiger partial charge on any atom is -0.273 e. The smallest absolute Gasteiger partial charge is 0.248 e. The first kappa shape index (κ1) is 11.2. The zero-order chi connectivity index (χ0) is 11.4. The van der Waals surface area contributed by atoms with Crippen LogP contribution in [0.5, 0.6) is 0 Å². The van der Waals surface area contributed by atoms with Gasteiger partial charge in [-0.15, -0.1) is 12.3 Å². The molecule has 0 N–H and O–H groups in total. The quantitative estimate of drug-likeness (QED) is 0.526. The summed E-state index contributed by atoms with van der Waals surface area (Å²) in [6.07, 6.45) is 12.3. The van der Waals surface area contributed by atoms with Crippen molar-refractivity contribution in [2.45, 2.75) is 44.9 Å². The van der Waals surface area contributed by atoms with Gasteiger partial charge in [0.05, 0.1) is 12.1 Å². The van der Waals surface area contributed by atoms with Crippen molar-refractivity contribution >= 4 is 11.6 Å². The van der Waals surface area contributed by atoms with Crippen LogP contribution < -0.4 is 0 Å². The SMILES string of the molecule is C#CCCCN1N=C(C2CCCC2)CC1=O. The summed E-state index contributed by atoms with van der Waals surface area (Å²) in [7, 11) is 0. The number of amides is 1. The van der Waals surface area contributed by atoms with Gasteiger partial charge in [0, 0.05) is 13.0 Å². The third-order valence-corrected chi connectivity index (χ3v) is 3.39. The molecule has 86 valence electrons. The largest absolute Gasteiger partial charge is 0.273 e. The molecule has 2 aliphatic rings. The van der Waals surface area contributed by atoms with Crippen LogP contribution in [-0.2, 0) is 4.79 Å². The van der Waals surface area contributed by atoms with Crippen molar-refractivity contribution < 1.29 is 4.79 Å². The normalized spacial score (nSPS) is 21.3. The van der Waals surface area contributed by atoms with Crippen LogP contribution in [0.2, 0.25) is 0 Å². The molecule has 0 aromatic heterocycles. The van der Waals surface area contributed by atoms with Gasteiger partial charge in [-0.3, -0.25) is 4.79 Å². The Labute approximate surface area is 96.9 Å². The van der Waals surface area contributed by atoms with Crippen LogP contribution in [0.25, 0.3) is 0 Å². The maximum absolute atomic E-state index is 11.7. The summed E-state index contributed by atoms with van der Waals surface area (Å²) in [5.41, 5.74) is 1.11. The molecule has 0 spiro atoms. The van der Waals surface area contributed by atoms with E-state index in [0.29, 0.717) is 18.9 Å². The van der Waals surface area contributed by atoms with Crippen molar-refractivity contribution in [3.63, 3.8) is 0 Å². The average molecular weight is 218 g/mol. The van der Waals surface area contributed by atoms with Gasteiger partial charge in [0.25, 0.3) is 0 Å². The molecule has 1 saturated carbocycles. The second kappa shape index (κ2) is 5.16. The molecule has 1 aliphatic carbocycles. The lowest BCUT2D eigenvalue weighted by atomic mass is 10.00. The number of hydrogen-bond acceptors (Lipinski definition) is 2. The molecular weight excluding hydrogens is 200 g/mol. The summed E-state index contributed by atoms with van der Waals surface area (Å²) in [4.78, 5) is 11.7. The van der Waals surface area contributed by atoms with Crippen LogP contribution in [0, 0.1) is 18.3 Å². The van der Waals surface area contributed by atoms with Gasteiger partial charge < -0.3 is 0 Å². The highest BCUT2D eigenvalue weighted by molar-refractivity contribution is 6.06. The Morgan fingerprint density at radius 2 is 2.19 bits per heavy atom. The van der Waals surface area contributed by atoms with Crippen LogP contribution in [0.3, 0.4) is 0 Å². The summed E-state index contributed by atoms with van der Waals surface area (Å²) in [6, 6.07) is 0. The van der Waals surface area contributed by atoms with Crippen LogP contribution in [0.15, 0.2) is 5.10 Å². The Morgan fingerprint density at radius 3 is 2.88 bits per heavy atom. The second-order valence-corrected chi connectivity index (χ2v) is 4.57. The van der Waals surface area contributed by atoms with Crippen LogP contribution >= 0.6 is 0 Å². The van der Waals surface area contributed by atoms with Crippen LogP contribution in [-0.4, -0.2) is 23.2 Å². The van der Waals surface area contributed by atoms with Crippen molar-refractivity contribution in [1.29, 1.82) is 0 Å². The highest BCUT2D eigenvalue weighted by Gasteiger charge is 2.30. The molecule has 2 rings (SSSR count). The molecule has 16 heavy (non-hydrogen) atoms. The number of hydrazone groups is 1. The molecule has 0 atom stereocenters. The lowest BCUT2D eigenvalue weighted by Crippen LogP contribution is -2.21. The summed E-state index contributed by atoms with van der Waals surface area (Å²) < 4.78 is 0. The van der Waals surface area contributed by atoms with Gasteiger partial charge in [-0.25, -0.2) is 5.01 Å². The Kier molecular flexibility index (Phi) is 3.61. The monoisotopic (exact) mass is 218 g/mol. The number of unbranched alkanes of at least 4 members (excludes halogenated alkanes) is 1. The number of rotatable bonds is 4. The van der Waals surface area contributed by atoms with Crippen LogP contribution in [0.4, 0.5) is 0 Å². The average Bonchev–Trinajstić information content (AvgIpc) is 2.88. The molecule has 0 unspecified atom stereocenters. The van der Waals surface area contributed by atoms with Crippen molar-refractivity contribution in [1.82, 2.24) is 5.01 Å². The Morgan fingerprint density at radius 1 is 1.44 bits per heavy atom. The first-order chi connectivity index (χ1) is 7.81. The molecule has 1 aliphatic heterocycles. The second-order valence-electron chi connectivity index (χ2n) is 4.57. The number of carbonyl (C=O) groups is 1. The van der Waals surface area contributed by atoms with Gasteiger partial charge >= 0.3 is 0 Å². The fourth-order valence-electron chi connectivity index (χ4n) is 2.48. The molecule has 0 bridgehead atoms. The van der Waals surface area contributed by atoms with Crippen molar-refractivity contribution in [3.8, 4) is 12.3 Å². The molecular formula is C13H18N2O. The van der Waals surface area contributed by atoms with Crippen molar-refractivity contribution in [3.05, 3.63) is 0 Å². The van der Waals surface area contributed by atoms with Crippen molar-refractivity contribution in [2.24, 2.45) is 11.0 Å². The van der Waals surface area contributed by atoms with Crippen LogP contribution in [0.1, 0.15) is 44.9 Å². The molecule has 1 fully saturated rings. The Hall–Kier alpha value is -1.30. The molecule has 0 aromatic carbocycles. The first-order valence-electron chi connectivity index (χ1n) is 6.12. The molecule has 1 heterocycles. The van der Waals surface area contributed by atoms with Gasteiger partial charge in [-0.05, 0) is 25.2 Å². The summed E-state index contributed by atoms with van der Waals surface area (Å²) in [5, 5.41) is 6.07. The van der Waals surface area contributed by atoms with E-state index in [1.807, 2.05) is 0 Å². The number of terminal acetylenes is 1. The topological polar surface area (TPSA) is 32.7 Å². The van der Waals surface area contributed by atoms with Gasteiger partial charge in [0.2, 0.25) is 5.91 Å². The molecule has 3 nitrogen and oxygen atoms in total. The lowest BCUT2D eigenvalue weighted by molar-refractivity contribution is -0.128. The highest BCUT2D eigenvalue weighted by atomic mass is 16.2. The molecule has 3 heteroatoms. The van der Waals surface area contributed by atoms with E-state index in [1.54, 1.807) is 5.01 Å². The number of hydrogen-bond donors (Lipinski definition) is 0. The fourth-order valence-corrected chi connectivity index (χ4v) is 2.48. The minimum atomic E-state index is 0.152. The molecule has 0 radical (unpaired) electrons. The van der Waals surface area contributed by atoms with Gasteiger partial charge in [0.15, 0.2) is 0 Å². The van der Waals surface area contributed by atoms with E-state index >= 15 is 0 Å². The molecule has 1 amide bonds. The van der Waals surface area contributed by atoms with Gasteiger partial charge in [0.1, 0.15) is 0 Å². The van der Waals surface area contributed by atoms with E-state index in [-0.39, 0.29) is 5.91 Å². The fraction of sp³-hybridized carbons (Fsp3) is 0.692. The summed E-state index contributed by atoms with van der Waals surface area (Å²) in [5.74, 6) is 3.31. The minimum absolute atomic E-state index is 0.152. The van der Waals surface area contributed by atoms with E-state index in [2.05, 4.69) is 11.0 Å². The summed E-state index contributed by atoms with van der Waals surface area (Å²) >= 11 is 0. The third kappa shape index (κ3) is 2.44. The summed E-state index contributed by atoms with van der Waals surface area (Å²) in [6.45, 7) is 0.680. The van der Waals surface area contributed by atoms with E-state index < -0.39 is 0 Å². The van der Waals surface area contributed by atoms with Gasteiger partial charge in [-0.1, -0.05) is 12.8 Å². The van der Waals surface area contributed by atoms with E-state index in [1.165, 1.54) is 25.7 Å². The van der Waals surface area contributed by atoms with Gasteiger partial charge in [-0.2, -0.15) is 5.10 Å². The van der Waals surface area contributed by atoms with Crippen molar-refractivity contribution in [2.75, 3.05) is 6.54 Å². The van der Waals surface area contributed by atoms with E-state index in [4.69, 9.17) is 6.42 Å². The lowest BCUT2D eigenvalue weighted by Gasteiger charge is -2.10. The standard InChI is InChI=1S/C13H18N2O/c1-2-3-6-9-15-13(16)10-12(14-15)11-7-4-5-8-11/h1,11H,3-10H2. The highest BCUT2D eigenvalue weighted by Crippen LogP contribution is 2.29. The predicted molar refractivity (Wildman–Crippen MR) is 63.8 cm³/mol. The predicted octanol–water partition coefficient (Wildman–Crippen LogP) is 2.18.